The normalized spacial score (nSPS) is 27.9. The number of fused-ring (bicyclic) bond motifs is 2. The number of hydrogen-bond acceptors (Lipinski definition) is 5. The minimum Gasteiger partial charge on any atom is -0.353 e. The third-order valence-corrected chi connectivity index (χ3v) is 4.23. The van der Waals surface area contributed by atoms with E-state index >= 15 is 0 Å². The summed E-state index contributed by atoms with van der Waals surface area (Å²) in [6, 6.07) is 3.43. The Labute approximate surface area is 107 Å². The van der Waals surface area contributed by atoms with Gasteiger partial charge in [0.05, 0.1) is 0 Å². The Morgan fingerprint density at radius 3 is 2.83 bits per heavy atom. The largest absolute Gasteiger partial charge is 0.353 e. The molecule has 2 saturated heterocycles. The Morgan fingerprint density at radius 2 is 2.00 bits per heavy atom. The van der Waals surface area contributed by atoms with Crippen molar-refractivity contribution in [2.24, 2.45) is 0 Å². The van der Waals surface area contributed by atoms with E-state index in [9.17, 15) is 0 Å². The summed E-state index contributed by atoms with van der Waals surface area (Å²) >= 11 is 0. The van der Waals surface area contributed by atoms with Crippen molar-refractivity contribution >= 4 is 5.82 Å². The van der Waals surface area contributed by atoms with Crippen LogP contribution in [0.2, 0.25) is 0 Å². The summed E-state index contributed by atoms with van der Waals surface area (Å²) in [4.78, 5) is 13.2. The molecule has 94 valence electrons. The molecule has 3 rings (SSSR count). The maximum atomic E-state index is 9.11. The lowest BCUT2D eigenvalue weighted by atomic mass is 10.1. The zero-order chi connectivity index (χ0) is 12.5. The average molecular weight is 243 g/mol. The first-order valence-corrected chi connectivity index (χ1v) is 6.47. The van der Waals surface area contributed by atoms with Crippen LogP contribution in [0.4, 0.5) is 5.82 Å². The quantitative estimate of drug-likeness (QED) is 0.737. The van der Waals surface area contributed by atoms with Gasteiger partial charge in [-0.05, 0) is 26.3 Å². The van der Waals surface area contributed by atoms with E-state index in [1.165, 1.54) is 12.8 Å². The van der Waals surface area contributed by atoms with Gasteiger partial charge in [0.15, 0.2) is 11.5 Å². The number of anilines is 1. The fourth-order valence-electron chi connectivity index (χ4n) is 3.14. The summed E-state index contributed by atoms with van der Waals surface area (Å²) in [5.41, 5.74) is 0.443. The van der Waals surface area contributed by atoms with Gasteiger partial charge in [-0.15, -0.1) is 0 Å². The second-order valence-corrected chi connectivity index (χ2v) is 5.13. The molecule has 0 radical (unpaired) electrons. The molecule has 0 spiro atoms. The van der Waals surface area contributed by atoms with Crippen LogP contribution >= 0.6 is 0 Å². The fraction of sp³-hybridized carbons (Fsp3) is 0.615. The Morgan fingerprint density at radius 1 is 1.22 bits per heavy atom. The standard InChI is InChI=1S/C13H17N5/c1-17-10-2-3-11(17)9-18(7-4-10)13-12(8-14)15-5-6-16-13/h5-6,10-11H,2-4,7,9H2,1H3. The molecule has 3 heterocycles. The van der Waals surface area contributed by atoms with Crippen molar-refractivity contribution < 1.29 is 0 Å². The first kappa shape index (κ1) is 11.4. The Balaban J connectivity index is 1.87. The van der Waals surface area contributed by atoms with Crippen molar-refractivity contribution in [3.63, 3.8) is 0 Å². The van der Waals surface area contributed by atoms with Crippen molar-refractivity contribution in [1.82, 2.24) is 14.9 Å². The summed E-state index contributed by atoms with van der Waals surface area (Å²) in [6.45, 7) is 1.93. The van der Waals surface area contributed by atoms with Crippen molar-refractivity contribution in [2.45, 2.75) is 31.3 Å². The van der Waals surface area contributed by atoms with Gasteiger partial charge in [0.2, 0.25) is 0 Å². The summed E-state index contributed by atoms with van der Waals surface area (Å²) in [5, 5.41) is 9.11. The van der Waals surface area contributed by atoms with E-state index in [4.69, 9.17) is 5.26 Å². The van der Waals surface area contributed by atoms with E-state index in [1.807, 2.05) is 0 Å². The molecule has 2 bridgehead atoms. The molecule has 1 aromatic rings. The van der Waals surface area contributed by atoms with Crippen LogP contribution in [-0.2, 0) is 0 Å². The molecule has 2 fully saturated rings. The Hall–Kier alpha value is -1.67. The lowest BCUT2D eigenvalue weighted by Crippen LogP contribution is -2.37. The van der Waals surface area contributed by atoms with Crippen LogP contribution in [0.5, 0.6) is 0 Å². The van der Waals surface area contributed by atoms with Crippen LogP contribution in [0.15, 0.2) is 12.4 Å². The number of nitrogens with zero attached hydrogens (tertiary/aromatic N) is 5. The van der Waals surface area contributed by atoms with Crippen LogP contribution in [0.25, 0.3) is 0 Å². The van der Waals surface area contributed by atoms with Crippen LogP contribution in [0.3, 0.4) is 0 Å². The lowest BCUT2D eigenvalue weighted by Gasteiger charge is -2.26. The number of nitriles is 1. The zero-order valence-electron chi connectivity index (χ0n) is 10.6. The van der Waals surface area contributed by atoms with Gasteiger partial charge >= 0.3 is 0 Å². The third-order valence-electron chi connectivity index (χ3n) is 4.23. The first-order valence-electron chi connectivity index (χ1n) is 6.47. The predicted molar refractivity (Wildman–Crippen MR) is 68.2 cm³/mol. The van der Waals surface area contributed by atoms with Gasteiger partial charge in [-0.3, -0.25) is 4.90 Å². The monoisotopic (exact) mass is 243 g/mol. The smallest absolute Gasteiger partial charge is 0.183 e. The van der Waals surface area contributed by atoms with Gasteiger partial charge < -0.3 is 4.90 Å². The topological polar surface area (TPSA) is 56.1 Å². The van der Waals surface area contributed by atoms with Crippen LogP contribution in [-0.4, -0.2) is 47.1 Å². The zero-order valence-corrected chi connectivity index (χ0v) is 10.6. The molecule has 2 unspecified atom stereocenters. The summed E-state index contributed by atoms with van der Waals surface area (Å²) in [5.74, 6) is 0.751. The molecule has 0 saturated carbocycles. The maximum Gasteiger partial charge on any atom is 0.183 e. The molecule has 5 nitrogen and oxygen atoms in total. The summed E-state index contributed by atoms with van der Waals surface area (Å²) in [6.07, 6.45) is 6.95. The van der Waals surface area contributed by atoms with Crippen molar-refractivity contribution in [3.05, 3.63) is 18.1 Å². The molecule has 2 atom stereocenters. The van der Waals surface area contributed by atoms with E-state index in [0.29, 0.717) is 17.8 Å². The molecule has 0 N–H and O–H groups in total. The van der Waals surface area contributed by atoms with E-state index in [-0.39, 0.29) is 0 Å². The highest BCUT2D eigenvalue weighted by atomic mass is 15.3. The second-order valence-electron chi connectivity index (χ2n) is 5.13. The van der Waals surface area contributed by atoms with Crippen molar-refractivity contribution in [3.8, 4) is 6.07 Å². The molecule has 0 aromatic carbocycles. The minimum absolute atomic E-state index is 0.443. The van der Waals surface area contributed by atoms with Gasteiger partial charge in [-0.1, -0.05) is 0 Å². The first-order chi connectivity index (χ1) is 8.79. The van der Waals surface area contributed by atoms with Gasteiger partial charge in [-0.25, -0.2) is 9.97 Å². The van der Waals surface area contributed by atoms with Crippen molar-refractivity contribution in [2.75, 3.05) is 25.0 Å². The molecule has 2 aliphatic heterocycles. The third kappa shape index (κ3) is 1.83. The van der Waals surface area contributed by atoms with E-state index in [2.05, 4.69) is 32.9 Å². The van der Waals surface area contributed by atoms with E-state index in [0.717, 1.165) is 25.3 Å². The number of likely N-dealkylation sites (N-methyl/N-ethyl adjacent to an activating group) is 1. The lowest BCUT2D eigenvalue weighted by molar-refractivity contribution is 0.254. The second kappa shape index (κ2) is 4.54. The molecule has 0 aliphatic carbocycles. The molecule has 5 heteroatoms. The Kier molecular flexibility index (Phi) is 2.88. The molecule has 18 heavy (non-hydrogen) atoms. The molecule has 2 aliphatic rings. The van der Waals surface area contributed by atoms with E-state index in [1.54, 1.807) is 12.4 Å². The van der Waals surface area contributed by atoms with Gasteiger partial charge in [0, 0.05) is 37.6 Å². The number of hydrogen-bond donors (Lipinski definition) is 0. The highest BCUT2D eigenvalue weighted by molar-refractivity contribution is 5.49. The highest BCUT2D eigenvalue weighted by Crippen LogP contribution is 2.30. The Bertz CT molecular complexity index is 481. The van der Waals surface area contributed by atoms with Gasteiger partial charge in [0.25, 0.3) is 0 Å². The van der Waals surface area contributed by atoms with Crippen LogP contribution < -0.4 is 4.90 Å². The molecular weight excluding hydrogens is 226 g/mol. The van der Waals surface area contributed by atoms with Crippen LogP contribution in [0.1, 0.15) is 25.0 Å². The van der Waals surface area contributed by atoms with Gasteiger partial charge in [0.1, 0.15) is 6.07 Å². The maximum absolute atomic E-state index is 9.11. The van der Waals surface area contributed by atoms with Crippen molar-refractivity contribution in [1.29, 1.82) is 5.26 Å². The number of aromatic nitrogens is 2. The van der Waals surface area contributed by atoms with E-state index < -0.39 is 0 Å². The molecule has 0 amide bonds. The number of rotatable bonds is 1. The average Bonchev–Trinajstić information content (AvgIpc) is 2.63. The SMILES string of the molecule is CN1C2CCC1CN(c1nccnc1C#N)CC2. The summed E-state index contributed by atoms with van der Waals surface area (Å²) < 4.78 is 0. The van der Waals surface area contributed by atoms with Crippen LogP contribution in [0, 0.1) is 11.3 Å². The molecule has 1 aromatic heterocycles. The van der Waals surface area contributed by atoms with Gasteiger partial charge in [-0.2, -0.15) is 5.26 Å². The molecular formula is C13H17N5. The summed E-state index contributed by atoms with van der Waals surface area (Å²) in [7, 11) is 2.22. The predicted octanol–water partition coefficient (Wildman–Crippen LogP) is 1.02. The minimum atomic E-state index is 0.443. The highest BCUT2D eigenvalue weighted by Gasteiger charge is 2.35. The fourth-order valence-corrected chi connectivity index (χ4v) is 3.14.